The Morgan fingerprint density at radius 3 is 1.92 bits per heavy atom. The lowest BCUT2D eigenvalue weighted by Gasteiger charge is -2.38. The quantitative estimate of drug-likeness (QED) is 0.316. The van der Waals surface area contributed by atoms with Crippen LogP contribution in [0.2, 0.25) is 0 Å². The average Bonchev–Trinajstić information content (AvgIpc) is 2.94. The third kappa shape index (κ3) is 5.81. The van der Waals surface area contributed by atoms with Crippen molar-refractivity contribution in [2.75, 3.05) is 19.6 Å². The number of nitrogens with zero attached hydrogens (tertiary/aromatic N) is 3. The number of carbonyl (C=O) groups excluding carboxylic acids is 1. The summed E-state index contributed by atoms with van der Waals surface area (Å²) in [5, 5.41) is 12.9. The summed E-state index contributed by atoms with van der Waals surface area (Å²) >= 11 is 0. The van der Waals surface area contributed by atoms with Crippen molar-refractivity contribution in [2.45, 2.75) is 15.8 Å². The number of carboxylic acid groups (broad SMARTS) is 1. The predicted octanol–water partition coefficient (Wildman–Crippen LogP) is 1.60. The molecule has 1 aliphatic rings. The van der Waals surface area contributed by atoms with Crippen LogP contribution in [0.5, 0.6) is 0 Å². The fourth-order valence-electron chi connectivity index (χ4n) is 3.89. The lowest BCUT2D eigenvalue weighted by atomic mass is 10.1. The minimum atomic E-state index is -4.14. The smallest absolute Gasteiger partial charge is 0.335 e. The van der Waals surface area contributed by atoms with Gasteiger partial charge < -0.3 is 5.11 Å². The van der Waals surface area contributed by atoms with Gasteiger partial charge in [0.15, 0.2) is 0 Å². The van der Waals surface area contributed by atoms with E-state index < -0.39 is 44.5 Å². The van der Waals surface area contributed by atoms with Crippen LogP contribution in [-0.4, -0.2) is 74.3 Å². The fraction of sp³-hybridized carbons (Fsp3) is 0.160. The van der Waals surface area contributed by atoms with Crippen molar-refractivity contribution in [1.82, 2.24) is 14.0 Å². The first kappa shape index (κ1) is 27.1. The first-order chi connectivity index (χ1) is 18.1. The lowest BCUT2D eigenvalue weighted by Crippen LogP contribution is -2.60. The molecule has 3 aromatic rings. The van der Waals surface area contributed by atoms with Crippen LogP contribution in [0.25, 0.3) is 0 Å². The molecule has 1 aliphatic heterocycles. The number of rotatable bonds is 8. The SMILES string of the molecule is O=C(O)c1ccc(/C=N\NC(=O)[C@@H]2CN(S(=O)(=O)c3ccccc3)CCN2S(=O)(=O)c2ccccc2)cc1. The van der Waals surface area contributed by atoms with E-state index in [1.165, 1.54) is 54.7 Å². The molecule has 0 bridgehead atoms. The van der Waals surface area contributed by atoms with E-state index in [0.717, 1.165) is 8.61 Å². The second kappa shape index (κ2) is 11.2. The molecule has 13 heteroatoms. The van der Waals surface area contributed by atoms with Crippen LogP contribution in [0.3, 0.4) is 0 Å². The Kier molecular flexibility index (Phi) is 8.02. The maximum absolute atomic E-state index is 13.4. The summed E-state index contributed by atoms with van der Waals surface area (Å²) in [6.07, 6.45) is 1.26. The van der Waals surface area contributed by atoms with E-state index in [2.05, 4.69) is 10.5 Å². The van der Waals surface area contributed by atoms with E-state index in [9.17, 15) is 26.4 Å². The number of aromatic carboxylic acids is 1. The first-order valence-electron chi connectivity index (χ1n) is 11.4. The van der Waals surface area contributed by atoms with Gasteiger partial charge in [0.2, 0.25) is 20.0 Å². The van der Waals surface area contributed by atoms with Gasteiger partial charge in [-0.3, -0.25) is 4.79 Å². The largest absolute Gasteiger partial charge is 0.478 e. The van der Waals surface area contributed by atoms with Gasteiger partial charge in [0, 0.05) is 19.6 Å². The van der Waals surface area contributed by atoms with Crippen molar-refractivity contribution in [1.29, 1.82) is 0 Å². The van der Waals surface area contributed by atoms with Crippen molar-refractivity contribution >= 4 is 38.1 Å². The Morgan fingerprint density at radius 2 is 1.37 bits per heavy atom. The highest BCUT2D eigenvalue weighted by molar-refractivity contribution is 7.89. The van der Waals surface area contributed by atoms with E-state index >= 15 is 0 Å². The summed E-state index contributed by atoms with van der Waals surface area (Å²) in [5.41, 5.74) is 2.86. The molecule has 0 spiro atoms. The van der Waals surface area contributed by atoms with Crippen LogP contribution in [0.15, 0.2) is 99.8 Å². The topological polar surface area (TPSA) is 154 Å². The summed E-state index contributed by atoms with van der Waals surface area (Å²) in [4.78, 5) is 24.2. The zero-order chi connectivity index (χ0) is 27.3. The van der Waals surface area contributed by atoms with E-state index in [4.69, 9.17) is 5.11 Å². The van der Waals surface area contributed by atoms with Crippen LogP contribution in [0.1, 0.15) is 15.9 Å². The van der Waals surface area contributed by atoms with Gasteiger partial charge in [-0.15, -0.1) is 0 Å². The molecular formula is C25H24N4O7S2. The Morgan fingerprint density at radius 1 is 0.816 bits per heavy atom. The molecule has 11 nitrogen and oxygen atoms in total. The monoisotopic (exact) mass is 556 g/mol. The normalized spacial score (nSPS) is 17.3. The summed E-state index contributed by atoms with van der Waals surface area (Å²) in [5.74, 6) is -1.91. The third-order valence-electron chi connectivity index (χ3n) is 5.87. The first-order valence-corrected chi connectivity index (χ1v) is 14.3. The molecule has 38 heavy (non-hydrogen) atoms. The van der Waals surface area contributed by atoms with Crippen molar-refractivity contribution < 1.29 is 31.5 Å². The van der Waals surface area contributed by atoms with Gasteiger partial charge in [0.1, 0.15) is 6.04 Å². The number of sulfonamides is 2. The molecule has 3 aromatic carbocycles. The highest BCUT2D eigenvalue weighted by atomic mass is 32.2. The molecule has 198 valence electrons. The van der Waals surface area contributed by atoms with Crippen molar-refractivity contribution in [3.8, 4) is 0 Å². The van der Waals surface area contributed by atoms with Crippen molar-refractivity contribution in [3.63, 3.8) is 0 Å². The number of carboxylic acids is 1. The fourth-order valence-corrected chi connectivity index (χ4v) is 6.94. The Bertz CT molecular complexity index is 1540. The zero-order valence-corrected chi connectivity index (χ0v) is 21.5. The summed E-state index contributed by atoms with van der Waals surface area (Å²) in [6, 6.07) is 19.5. The summed E-state index contributed by atoms with van der Waals surface area (Å²) < 4.78 is 55.3. The zero-order valence-electron chi connectivity index (χ0n) is 19.9. The average molecular weight is 557 g/mol. The minimum Gasteiger partial charge on any atom is -0.478 e. The summed E-state index contributed by atoms with van der Waals surface area (Å²) in [7, 11) is -8.13. The molecule has 1 saturated heterocycles. The predicted molar refractivity (Wildman–Crippen MR) is 138 cm³/mol. The van der Waals surface area contributed by atoms with Crippen LogP contribution < -0.4 is 5.43 Å². The van der Waals surface area contributed by atoms with Crippen molar-refractivity contribution in [3.05, 3.63) is 96.1 Å². The second-order valence-electron chi connectivity index (χ2n) is 8.28. The number of nitrogens with one attached hydrogen (secondary N) is 1. The molecule has 1 fully saturated rings. The second-order valence-corrected chi connectivity index (χ2v) is 12.1. The molecule has 1 amide bonds. The number of amides is 1. The maximum atomic E-state index is 13.4. The van der Waals surface area contributed by atoms with Gasteiger partial charge in [-0.1, -0.05) is 48.5 Å². The van der Waals surface area contributed by atoms with Crippen molar-refractivity contribution in [2.24, 2.45) is 5.10 Å². The number of benzene rings is 3. The molecule has 1 atom stereocenters. The molecule has 0 radical (unpaired) electrons. The summed E-state index contributed by atoms with van der Waals surface area (Å²) in [6.45, 7) is -0.814. The Hall–Kier alpha value is -3.91. The van der Waals surface area contributed by atoms with Gasteiger partial charge in [0.25, 0.3) is 5.91 Å². The van der Waals surface area contributed by atoms with Gasteiger partial charge in [0.05, 0.1) is 21.6 Å². The van der Waals surface area contributed by atoms with Crippen LogP contribution in [-0.2, 0) is 24.8 Å². The van der Waals surface area contributed by atoms with Gasteiger partial charge in [-0.25, -0.2) is 27.1 Å². The molecule has 0 saturated carbocycles. The molecule has 0 aliphatic carbocycles. The number of hydrazone groups is 1. The number of piperazine rings is 1. The standard InChI is InChI=1S/C25H24N4O7S2/c30-24(27-26-17-19-11-13-20(14-12-19)25(31)32)23-18-28(37(33,34)21-7-3-1-4-8-21)15-16-29(23)38(35,36)22-9-5-2-6-10-22/h1-14,17,23H,15-16,18H2,(H,27,30)(H,31,32)/b26-17-/t23-/m0/s1. The molecule has 4 rings (SSSR count). The van der Waals surface area contributed by atoms with Crippen LogP contribution in [0.4, 0.5) is 0 Å². The van der Waals surface area contributed by atoms with Gasteiger partial charge >= 0.3 is 5.97 Å². The molecule has 1 heterocycles. The maximum Gasteiger partial charge on any atom is 0.335 e. The lowest BCUT2D eigenvalue weighted by molar-refractivity contribution is -0.125. The number of carbonyl (C=O) groups is 2. The number of hydrogen-bond donors (Lipinski definition) is 2. The molecular weight excluding hydrogens is 532 g/mol. The Balaban J connectivity index is 1.60. The molecule has 0 aromatic heterocycles. The molecule has 2 N–H and O–H groups in total. The highest BCUT2D eigenvalue weighted by Crippen LogP contribution is 2.25. The number of hydrogen-bond acceptors (Lipinski definition) is 7. The van der Waals surface area contributed by atoms with Gasteiger partial charge in [-0.2, -0.15) is 13.7 Å². The van der Waals surface area contributed by atoms with E-state index in [1.54, 1.807) is 36.4 Å². The van der Waals surface area contributed by atoms with Crippen LogP contribution in [0, 0.1) is 0 Å². The Labute approximate surface area is 220 Å². The van der Waals surface area contributed by atoms with Crippen LogP contribution >= 0.6 is 0 Å². The highest BCUT2D eigenvalue weighted by Gasteiger charge is 2.43. The molecule has 0 unspecified atom stereocenters. The van der Waals surface area contributed by atoms with E-state index in [0.29, 0.717) is 5.56 Å². The van der Waals surface area contributed by atoms with E-state index in [1.807, 2.05) is 0 Å². The third-order valence-corrected chi connectivity index (χ3v) is 9.68. The minimum absolute atomic E-state index is 0.0285. The van der Waals surface area contributed by atoms with Gasteiger partial charge in [-0.05, 0) is 42.0 Å². The van der Waals surface area contributed by atoms with E-state index in [-0.39, 0.29) is 28.4 Å².